The summed E-state index contributed by atoms with van der Waals surface area (Å²) in [5.74, 6) is 0. The topological polar surface area (TPSA) is 65.8 Å². The van der Waals surface area contributed by atoms with Gasteiger partial charge in [-0.2, -0.15) is 0 Å². The summed E-state index contributed by atoms with van der Waals surface area (Å²) in [5, 5.41) is 2.85. The molecule has 0 N–H and O–H groups in total. The molecule has 0 saturated carbocycles. The van der Waals surface area contributed by atoms with Crippen molar-refractivity contribution < 1.29 is 37.5 Å². The summed E-state index contributed by atoms with van der Waals surface area (Å²) in [7, 11) is 0. The largest absolute Gasteiger partial charge is 0.542 e. The van der Waals surface area contributed by atoms with Gasteiger partial charge in [0, 0.05) is 32.7 Å². The fourth-order valence-electron chi connectivity index (χ4n) is 0.0605. The predicted octanol–water partition coefficient (Wildman–Crippen LogP) is 0.854. The zero-order chi connectivity index (χ0) is 4.83. The van der Waals surface area contributed by atoms with Crippen LogP contribution in [0.2, 0.25) is 0 Å². The van der Waals surface area contributed by atoms with Crippen molar-refractivity contribution in [2.75, 3.05) is 6.54 Å². The zero-order valence-electron chi connectivity index (χ0n) is 4.53. The van der Waals surface area contributed by atoms with Crippen LogP contribution in [-0.2, 0) is 37.5 Å². The van der Waals surface area contributed by atoms with Crippen LogP contribution in [-0.4, -0.2) is 12.8 Å². The van der Waals surface area contributed by atoms with E-state index in [2.05, 4.69) is 10.0 Å². The van der Waals surface area contributed by atoms with Gasteiger partial charge in [-0.25, -0.2) is 0 Å². The van der Waals surface area contributed by atoms with Gasteiger partial charge >= 0.3 is 0 Å². The van der Waals surface area contributed by atoms with Crippen LogP contribution in [0.15, 0.2) is 5.11 Å². The van der Waals surface area contributed by atoms with Gasteiger partial charge in [0.05, 0.1) is 0 Å². The zero-order valence-corrected chi connectivity index (χ0v) is 7.37. The Hall–Kier alpha value is 0.0839. The summed E-state index contributed by atoms with van der Waals surface area (Å²) >= 11 is 0. The molecule has 0 unspecified atom stereocenters. The van der Waals surface area contributed by atoms with Gasteiger partial charge in [-0.15, -0.1) is 5.11 Å². The van der Waals surface area contributed by atoms with E-state index in [4.69, 9.17) is 5.53 Å². The first-order valence-corrected chi connectivity index (χ1v) is 1.27. The van der Waals surface area contributed by atoms with E-state index in [1.165, 1.54) is 6.29 Å². The van der Waals surface area contributed by atoms with E-state index >= 15 is 0 Å². The second-order valence-electron chi connectivity index (χ2n) is 0.533. The molecular formula is C3H5N3OY-2. The monoisotopic (exact) mass is 188 g/mol. The van der Waals surface area contributed by atoms with Crippen LogP contribution in [0.5, 0.6) is 0 Å². The number of nitrogens with zero attached hydrogens (tertiary/aromatic N) is 3. The Morgan fingerprint density at radius 3 is 2.38 bits per heavy atom. The minimum absolute atomic E-state index is 0. The maximum Gasteiger partial charge on any atom is 0 e. The van der Waals surface area contributed by atoms with Crippen molar-refractivity contribution in [1.82, 2.24) is 0 Å². The first kappa shape index (κ1) is 15.7. The molecule has 0 aromatic rings. The van der Waals surface area contributed by atoms with Gasteiger partial charge in [0.25, 0.3) is 0 Å². The summed E-state index contributed by atoms with van der Waals surface area (Å²) in [6, 6.07) is 0. The molecule has 0 rings (SSSR count). The van der Waals surface area contributed by atoms with Crippen LogP contribution in [0.25, 0.3) is 10.4 Å². The maximum absolute atomic E-state index is 9.17. The Labute approximate surface area is 73.2 Å². The summed E-state index contributed by atoms with van der Waals surface area (Å²) in [6.45, 7) is -0.184. The third kappa shape index (κ3) is 16.5. The minimum atomic E-state index is -0.184. The molecule has 0 aromatic heterocycles. The molecule has 43 valence electrons. The van der Waals surface area contributed by atoms with Crippen LogP contribution in [0.1, 0.15) is 0 Å². The van der Waals surface area contributed by atoms with Gasteiger partial charge in [-0.1, -0.05) is 6.54 Å². The van der Waals surface area contributed by atoms with Gasteiger partial charge < -0.3 is 12.2 Å². The Morgan fingerprint density at radius 1 is 1.75 bits per heavy atom. The molecule has 0 spiro atoms. The number of carbonyl (C=O) groups excluding carboxylic acids is 1. The fraction of sp³-hybridized carbons (Fsp3) is 0.333. The molecule has 8 heavy (non-hydrogen) atoms. The summed E-state index contributed by atoms with van der Waals surface area (Å²) < 4.78 is 0. The van der Waals surface area contributed by atoms with Crippen molar-refractivity contribution in [2.45, 2.75) is 0 Å². The Kier molecular flexibility index (Phi) is 30.8. The van der Waals surface area contributed by atoms with E-state index < -0.39 is 0 Å². The van der Waals surface area contributed by atoms with Gasteiger partial charge in [-0.3, -0.25) is 6.29 Å². The number of rotatable bonds is 2. The molecule has 4 nitrogen and oxygen atoms in total. The average molecular weight is 188 g/mol. The van der Waals surface area contributed by atoms with Crippen molar-refractivity contribution in [1.29, 1.82) is 0 Å². The van der Waals surface area contributed by atoms with Crippen LogP contribution in [0.3, 0.4) is 0 Å². The van der Waals surface area contributed by atoms with Gasteiger partial charge in [0.2, 0.25) is 0 Å². The third-order valence-corrected chi connectivity index (χ3v) is 0.199. The second-order valence-corrected chi connectivity index (χ2v) is 0.533. The van der Waals surface area contributed by atoms with Gasteiger partial charge in [-0.05, 0) is 10.4 Å². The van der Waals surface area contributed by atoms with Crippen LogP contribution < -0.4 is 0 Å². The van der Waals surface area contributed by atoms with E-state index in [1.54, 1.807) is 0 Å². The van der Waals surface area contributed by atoms with Gasteiger partial charge in [0.1, 0.15) is 0 Å². The molecule has 0 atom stereocenters. The molecule has 5 heteroatoms. The van der Waals surface area contributed by atoms with Crippen LogP contribution >= 0.6 is 0 Å². The average Bonchev–Trinajstić information content (AvgIpc) is 1.61. The van der Waals surface area contributed by atoms with E-state index in [1.807, 2.05) is 0 Å². The maximum atomic E-state index is 9.17. The number of hydrogen-bond acceptors (Lipinski definition) is 2. The van der Waals surface area contributed by atoms with Crippen LogP contribution in [0, 0.1) is 7.43 Å². The second kappa shape index (κ2) is 15.7. The minimum Gasteiger partial charge on any atom is -0.542 e. The van der Waals surface area contributed by atoms with Gasteiger partial charge in [0.15, 0.2) is 0 Å². The van der Waals surface area contributed by atoms with E-state index in [9.17, 15) is 4.79 Å². The molecule has 0 aliphatic carbocycles. The third-order valence-electron chi connectivity index (χ3n) is 0.199. The first-order chi connectivity index (χ1) is 2.91. The molecule has 0 amide bonds. The quantitative estimate of drug-likeness (QED) is 0.274. The van der Waals surface area contributed by atoms with E-state index in [0.29, 0.717) is 0 Å². The van der Waals surface area contributed by atoms with Crippen LogP contribution in [0.4, 0.5) is 0 Å². The SMILES string of the molecule is [CH3-].[N-]=[N+]=NC[C-]=O.[Y]. The van der Waals surface area contributed by atoms with Crippen molar-refractivity contribution in [2.24, 2.45) is 5.11 Å². The molecule has 0 aliphatic rings. The van der Waals surface area contributed by atoms with Crippen molar-refractivity contribution >= 4 is 6.29 Å². The standard InChI is InChI=1S/C2H2N3O.CH3.Y/c3-5-4-1-2-6;;/h1H2;1H3;/q2*-1;. The normalized spacial score (nSPS) is 4.50. The Morgan fingerprint density at radius 2 is 2.25 bits per heavy atom. The smallest absolute Gasteiger partial charge is 0 e. The number of azide groups is 1. The summed E-state index contributed by atoms with van der Waals surface area (Å²) in [4.78, 5) is 11.5. The number of hydrogen-bond donors (Lipinski definition) is 0. The molecular weight excluding hydrogens is 183 g/mol. The molecule has 0 bridgehead atoms. The summed E-state index contributed by atoms with van der Waals surface area (Å²) in [6.07, 6.45) is 1.40. The van der Waals surface area contributed by atoms with E-state index in [-0.39, 0.29) is 46.7 Å². The first-order valence-electron chi connectivity index (χ1n) is 1.27. The van der Waals surface area contributed by atoms with Crippen molar-refractivity contribution in [3.05, 3.63) is 17.9 Å². The van der Waals surface area contributed by atoms with Crippen molar-refractivity contribution in [3.63, 3.8) is 0 Å². The Bertz CT molecular complexity index is 88.5. The Balaban J connectivity index is -0.000000125. The molecule has 0 aromatic carbocycles. The molecule has 0 saturated heterocycles. The van der Waals surface area contributed by atoms with Crippen molar-refractivity contribution in [3.8, 4) is 0 Å². The molecule has 0 heterocycles. The predicted molar refractivity (Wildman–Crippen MR) is 26.1 cm³/mol. The summed E-state index contributed by atoms with van der Waals surface area (Å²) in [5.41, 5.74) is 7.48. The molecule has 1 radical (unpaired) electrons. The molecule has 0 fully saturated rings. The molecule has 0 aliphatic heterocycles. The van der Waals surface area contributed by atoms with E-state index in [0.717, 1.165) is 0 Å². The fourth-order valence-corrected chi connectivity index (χ4v) is 0.0605.